The third-order valence-corrected chi connectivity index (χ3v) is 8.92. The second kappa shape index (κ2) is 10.9. The lowest BCUT2D eigenvalue weighted by Gasteiger charge is -2.33. The summed E-state index contributed by atoms with van der Waals surface area (Å²) in [5.74, 6) is 0.498. The van der Waals surface area contributed by atoms with Gasteiger partial charge in [-0.2, -0.15) is 0 Å². The molecule has 40 heavy (non-hydrogen) atoms. The molecule has 2 saturated heterocycles. The van der Waals surface area contributed by atoms with E-state index in [1.54, 1.807) is 0 Å². The summed E-state index contributed by atoms with van der Waals surface area (Å²) in [6.45, 7) is 8.53. The van der Waals surface area contributed by atoms with Crippen LogP contribution in [0.25, 0.3) is 5.69 Å². The molecule has 2 fully saturated rings. The SMILES string of the molecule is Cc1cc([C@H]2[C@H](c3ccccn3)NC(=S)N2c2ccc(N3CCC(C)CC3)c(Cl)c2)c(C)n1-c1ccc(F)cc1. The van der Waals surface area contributed by atoms with Gasteiger partial charge >= 0.3 is 0 Å². The van der Waals surface area contributed by atoms with Gasteiger partial charge in [0.1, 0.15) is 5.82 Å². The summed E-state index contributed by atoms with van der Waals surface area (Å²) < 4.78 is 15.9. The number of nitrogens with one attached hydrogen (secondary N) is 1. The van der Waals surface area contributed by atoms with Crippen molar-refractivity contribution < 1.29 is 4.39 Å². The van der Waals surface area contributed by atoms with Crippen molar-refractivity contribution in [1.29, 1.82) is 0 Å². The van der Waals surface area contributed by atoms with Gasteiger partial charge in [0.05, 0.1) is 28.5 Å². The molecule has 6 rings (SSSR count). The summed E-state index contributed by atoms with van der Waals surface area (Å²) in [5.41, 5.74) is 7.08. The summed E-state index contributed by atoms with van der Waals surface area (Å²) >= 11 is 12.9. The maximum Gasteiger partial charge on any atom is 0.174 e. The maximum atomic E-state index is 13.7. The Labute approximate surface area is 245 Å². The molecule has 0 spiro atoms. The van der Waals surface area contributed by atoms with Crippen LogP contribution in [0.4, 0.5) is 15.8 Å². The highest BCUT2D eigenvalue weighted by Gasteiger charge is 2.42. The first-order chi connectivity index (χ1) is 19.3. The van der Waals surface area contributed by atoms with E-state index in [0.717, 1.165) is 63.7 Å². The van der Waals surface area contributed by atoms with Crippen molar-refractivity contribution in [2.45, 2.75) is 45.7 Å². The summed E-state index contributed by atoms with van der Waals surface area (Å²) in [4.78, 5) is 9.25. The monoisotopic (exact) mass is 573 g/mol. The quantitative estimate of drug-likeness (QED) is 0.248. The number of aromatic nitrogens is 2. The molecule has 4 heterocycles. The van der Waals surface area contributed by atoms with Gasteiger partial charge in [-0.3, -0.25) is 4.98 Å². The highest BCUT2D eigenvalue weighted by Crippen LogP contribution is 2.45. The van der Waals surface area contributed by atoms with E-state index in [9.17, 15) is 4.39 Å². The van der Waals surface area contributed by atoms with E-state index in [1.165, 1.54) is 25.0 Å². The largest absolute Gasteiger partial charge is 0.370 e. The van der Waals surface area contributed by atoms with Crippen LogP contribution in [0.5, 0.6) is 0 Å². The number of aryl methyl sites for hydroxylation is 1. The molecule has 0 unspecified atom stereocenters. The number of hydrogen-bond acceptors (Lipinski definition) is 3. The van der Waals surface area contributed by atoms with E-state index in [2.05, 4.69) is 58.7 Å². The number of pyridine rings is 1. The fourth-order valence-electron chi connectivity index (χ4n) is 6.18. The summed E-state index contributed by atoms with van der Waals surface area (Å²) in [5, 5.41) is 4.91. The molecular formula is C32H33ClFN5S. The molecule has 1 N–H and O–H groups in total. The lowest BCUT2D eigenvalue weighted by Crippen LogP contribution is -2.33. The molecule has 2 atom stereocenters. The Morgan fingerprint density at radius 2 is 1.70 bits per heavy atom. The number of benzene rings is 2. The Hall–Kier alpha value is -3.42. The van der Waals surface area contributed by atoms with Gasteiger partial charge in [0.25, 0.3) is 0 Å². The van der Waals surface area contributed by atoms with Crippen LogP contribution in [-0.4, -0.2) is 27.8 Å². The van der Waals surface area contributed by atoms with Crippen LogP contribution in [0.1, 0.15) is 54.5 Å². The standard InChI is InChI=1S/C32H33ClFN5S/c1-20-13-16-37(17-14-20)29-12-11-25(19-27(29)33)39-31(30(36-32(39)40)28-6-4-5-15-35-28)26-18-21(2)38(22(26)3)24-9-7-23(34)8-10-24/h4-12,15,18-20,30-31H,13-14,16-17H2,1-3H3,(H,36,40)/t30-,31-/m0/s1. The van der Waals surface area contributed by atoms with E-state index >= 15 is 0 Å². The van der Waals surface area contributed by atoms with Crippen LogP contribution < -0.4 is 15.1 Å². The normalized spacial score (nSPS) is 19.8. The van der Waals surface area contributed by atoms with Gasteiger partial charge in [0, 0.05) is 42.0 Å². The lowest BCUT2D eigenvalue weighted by atomic mass is 9.96. The van der Waals surface area contributed by atoms with Gasteiger partial charge in [-0.15, -0.1) is 0 Å². The van der Waals surface area contributed by atoms with Crippen LogP contribution in [0, 0.1) is 25.6 Å². The number of thiocarbonyl (C=S) groups is 1. The molecule has 0 aliphatic carbocycles. The molecular weight excluding hydrogens is 541 g/mol. The topological polar surface area (TPSA) is 36.3 Å². The molecule has 2 aromatic carbocycles. The molecule has 206 valence electrons. The van der Waals surface area contributed by atoms with Crippen molar-refractivity contribution in [3.05, 3.63) is 106 Å². The Kier molecular flexibility index (Phi) is 7.27. The zero-order valence-corrected chi connectivity index (χ0v) is 24.5. The second-order valence-electron chi connectivity index (χ2n) is 10.9. The van der Waals surface area contributed by atoms with Crippen molar-refractivity contribution in [1.82, 2.24) is 14.9 Å². The Morgan fingerprint density at radius 1 is 0.975 bits per heavy atom. The van der Waals surface area contributed by atoms with Crippen LogP contribution >= 0.6 is 23.8 Å². The molecule has 0 radical (unpaired) electrons. The Balaban J connectivity index is 1.43. The first kappa shape index (κ1) is 26.8. The minimum absolute atomic E-state index is 0.166. The van der Waals surface area contributed by atoms with Gasteiger partial charge in [0.2, 0.25) is 0 Å². The lowest BCUT2D eigenvalue weighted by molar-refractivity contribution is 0.438. The van der Waals surface area contributed by atoms with Crippen molar-refractivity contribution in [2.75, 3.05) is 22.9 Å². The van der Waals surface area contributed by atoms with E-state index in [-0.39, 0.29) is 17.9 Å². The minimum atomic E-state index is -0.252. The molecule has 2 aliphatic heterocycles. The van der Waals surface area contributed by atoms with Crippen molar-refractivity contribution in [2.24, 2.45) is 5.92 Å². The highest BCUT2D eigenvalue weighted by molar-refractivity contribution is 7.80. The van der Waals surface area contributed by atoms with E-state index in [4.69, 9.17) is 28.8 Å². The summed E-state index contributed by atoms with van der Waals surface area (Å²) in [6.07, 6.45) is 4.16. The first-order valence-corrected chi connectivity index (χ1v) is 14.6. The number of anilines is 2. The molecule has 2 aliphatic rings. The smallest absolute Gasteiger partial charge is 0.174 e. The number of piperidine rings is 1. The second-order valence-corrected chi connectivity index (χ2v) is 11.7. The summed E-state index contributed by atoms with van der Waals surface area (Å²) in [6, 6.07) is 20.7. The predicted molar refractivity (Wildman–Crippen MR) is 165 cm³/mol. The number of halogens is 2. The van der Waals surface area contributed by atoms with Crippen molar-refractivity contribution >= 4 is 40.3 Å². The fourth-order valence-corrected chi connectivity index (χ4v) is 6.82. The van der Waals surface area contributed by atoms with Gasteiger partial charge in [-0.05, 0) is 111 Å². The molecule has 0 amide bonds. The van der Waals surface area contributed by atoms with E-state index in [0.29, 0.717) is 5.11 Å². The predicted octanol–water partition coefficient (Wildman–Crippen LogP) is 7.70. The zero-order valence-electron chi connectivity index (χ0n) is 22.9. The third kappa shape index (κ3) is 4.86. The minimum Gasteiger partial charge on any atom is -0.370 e. The van der Waals surface area contributed by atoms with Crippen molar-refractivity contribution in [3.63, 3.8) is 0 Å². The van der Waals surface area contributed by atoms with Crippen LogP contribution in [-0.2, 0) is 0 Å². The third-order valence-electron chi connectivity index (χ3n) is 8.31. The van der Waals surface area contributed by atoms with E-state index in [1.807, 2.05) is 42.6 Å². The first-order valence-electron chi connectivity index (χ1n) is 13.8. The molecule has 0 bridgehead atoms. The van der Waals surface area contributed by atoms with Crippen LogP contribution in [0.3, 0.4) is 0 Å². The average Bonchev–Trinajstić information content (AvgIpc) is 3.45. The number of rotatable bonds is 5. The molecule has 0 saturated carbocycles. The summed E-state index contributed by atoms with van der Waals surface area (Å²) in [7, 11) is 0. The van der Waals surface area contributed by atoms with E-state index < -0.39 is 0 Å². The van der Waals surface area contributed by atoms with Crippen molar-refractivity contribution in [3.8, 4) is 5.69 Å². The van der Waals surface area contributed by atoms with Crippen LogP contribution in [0.2, 0.25) is 5.02 Å². The highest BCUT2D eigenvalue weighted by atomic mass is 35.5. The Bertz CT molecular complexity index is 1530. The number of hydrogen-bond donors (Lipinski definition) is 1. The molecule has 8 heteroatoms. The van der Waals surface area contributed by atoms with Gasteiger partial charge < -0.3 is 19.7 Å². The van der Waals surface area contributed by atoms with Gasteiger partial charge in [-0.25, -0.2) is 4.39 Å². The fraction of sp³-hybridized carbons (Fsp3) is 0.312. The average molecular weight is 574 g/mol. The number of nitrogens with zero attached hydrogens (tertiary/aromatic N) is 4. The molecule has 4 aromatic rings. The van der Waals surface area contributed by atoms with Gasteiger partial charge in [-0.1, -0.05) is 24.6 Å². The molecule has 5 nitrogen and oxygen atoms in total. The maximum absolute atomic E-state index is 13.7. The Morgan fingerprint density at radius 3 is 2.38 bits per heavy atom. The van der Waals surface area contributed by atoms with Gasteiger partial charge in [0.15, 0.2) is 5.11 Å². The van der Waals surface area contributed by atoms with Crippen LogP contribution in [0.15, 0.2) is 72.9 Å². The molecule has 2 aromatic heterocycles. The zero-order chi connectivity index (χ0) is 28.0.